The number of benzene rings is 2. The summed E-state index contributed by atoms with van der Waals surface area (Å²) in [4.78, 5) is 11.1. The Morgan fingerprint density at radius 3 is 2.38 bits per heavy atom. The van der Waals surface area contributed by atoms with E-state index in [0.29, 0.717) is 12.0 Å². The lowest BCUT2D eigenvalue weighted by atomic mass is 9.94. The van der Waals surface area contributed by atoms with Gasteiger partial charge in [-0.2, -0.15) is 0 Å². The number of amides is 1. The van der Waals surface area contributed by atoms with Crippen LogP contribution in [0.3, 0.4) is 0 Å². The summed E-state index contributed by atoms with van der Waals surface area (Å²) < 4.78 is 13.6. The maximum atomic E-state index is 13.6. The second-order valence-corrected chi connectivity index (χ2v) is 6.71. The van der Waals surface area contributed by atoms with Crippen molar-refractivity contribution in [3.05, 3.63) is 71.0 Å². The summed E-state index contributed by atoms with van der Waals surface area (Å²) in [6.45, 7) is 5.02. The summed E-state index contributed by atoms with van der Waals surface area (Å²) in [5.74, 6) is -0.552. The van der Waals surface area contributed by atoms with Gasteiger partial charge >= 0.3 is 0 Å². The van der Waals surface area contributed by atoms with Gasteiger partial charge in [-0.15, -0.1) is 0 Å². The van der Waals surface area contributed by atoms with Crippen molar-refractivity contribution in [1.29, 1.82) is 0 Å². The fourth-order valence-corrected chi connectivity index (χ4v) is 2.62. The molecule has 0 spiro atoms. The number of halogens is 1. The van der Waals surface area contributed by atoms with E-state index in [2.05, 4.69) is 19.2 Å². The van der Waals surface area contributed by atoms with E-state index in [1.54, 1.807) is 18.2 Å². The molecule has 1 amide bonds. The Kier molecular flexibility index (Phi) is 6.10. The van der Waals surface area contributed by atoms with Gasteiger partial charge in [-0.05, 0) is 69.0 Å². The van der Waals surface area contributed by atoms with E-state index < -0.39 is 5.91 Å². The molecule has 0 saturated heterocycles. The van der Waals surface area contributed by atoms with Crippen LogP contribution < -0.4 is 11.1 Å². The van der Waals surface area contributed by atoms with Crippen molar-refractivity contribution >= 4 is 5.91 Å². The zero-order valence-electron chi connectivity index (χ0n) is 14.3. The molecule has 128 valence electrons. The van der Waals surface area contributed by atoms with Gasteiger partial charge in [0, 0.05) is 11.1 Å². The molecule has 0 unspecified atom stereocenters. The topological polar surface area (TPSA) is 55.1 Å². The lowest BCUT2D eigenvalue weighted by Crippen LogP contribution is -2.40. The Labute approximate surface area is 143 Å². The number of primary amides is 1. The molecule has 0 aliphatic rings. The van der Waals surface area contributed by atoms with Crippen LogP contribution in [0.1, 0.15) is 41.8 Å². The highest BCUT2D eigenvalue weighted by molar-refractivity contribution is 5.92. The highest BCUT2D eigenvalue weighted by atomic mass is 19.1. The van der Waals surface area contributed by atoms with E-state index in [-0.39, 0.29) is 11.4 Å². The van der Waals surface area contributed by atoms with E-state index in [1.165, 1.54) is 11.6 Å². The number of hydrogen-bond acceptors (Lipinski definition) is 2. The van der Waals surface area contributed by atoms with Crippen LogP contribution in [0.4, 0.5) is 4.39 Å². The van der Waals surface area contributed by atoms with Crippen LogP contribution in [0.25, 0.3) is 0 Å². The summed E-state index contributed by atoms with van der Waals surface area (Å²) in [5.41, 5.74) is 7.63. The lowest BCUT2D eigenvalue weighted by molar-refractivity contribution is 0.100. The van der Waals surface area contributed by atoms with Gasteiger partial charge in [0.05, 0.1) is 0 Å². The largest absolute Gasteiger partial charge is 0.366 e. The molecule has 0 saturated carbocycles. The van der Waals surface area contributed by atoms with E-state index >= 15 is 0 Å². The van der Waals surface area contributed by atoms with Crippen molar-refractivity contribution < 1.29 is 9.18 Å². The molecule has 0 aliphatic heterocycles. The van der Waals surface area contributed by atoms with Gasteiger partial charge in [-0.25, -0.2) is 4.39 Å². The zero-order valence-corrected chi connectivity index (χ0v) is 14.3. The van der Waals surface area contributed by atoms with Gasteiger partial charge < -0.3 is 11.1 Å². The maximum Gasteiger partial charge on any atom is 0.248 e. The average molecular weight is 328 g/mol. The van der Waals surface area contributed by atoms with E-state index in [1.807, 2.05) is 24.3 Å². The maximum absolute atomic E-state index is 13.6. The minimum absolute atomic E-state index is 0.0480. The number of aryl methyl sites for hydroxylation is 1. The number of nitrogens with one attached hydrogen (secondary N) is 1. The Morgan fingerprint density at radius 2 is 1.75 bits per heavy atom. The summed E-state index contributed by atoms with van der Waals surface area (Å²) in [6, 6.07) is 14.3. The van der Waals surface area contributed by atoms with Gasteiger partial charge in [0.1, 0.15) is 5.82 Å². The van der Waals surface area contributed by atoms with Crippen molar-refractivity contribution in [3.63, 3.8) is 0 Å². The molecule has 0 fully saturated rings. The molecule has 0 radical (unpaired) electrons. The quantitative estimate of drug-likeness (QED) is 0.779. The number of carbonyl (C=O) groups is 1. The van der Waals surface area contributed by atoms with Crippen molar-refractivity contribution in [2.75, 3.05) is 6.54 Å². The number of hydrogen-bond donors (Lipinski definition) is 2. The van der Waals surface area contributed by atoms with E-state index in [9.17, 15) is 9.18 Å². The smallest absolute Gasteiger partial charge is 0.248 e. The molecule has 2 rings (SSSR count). The molecule has 3 nitrogen and oxygen atoms in total. The van der Waals surface area contributed by atoms with Crippen LogP contribution >= 0.6 is 0 Å². The first-order valence-corrected chi connectivity index (χ1v) is 8.24. The van der Waals surface area contributed by atoms with Crippen LogP contribution in [0.5, 0.6) is 0 Å². The van der Waals surface area contributed by atoms with Crippen molar-refractivity contribution in [2.45, 2.75) is 38.6 Å². The van der Waals surface area contributed by atoms with E-state index in [0.717, 1.165) is 24.9 Å². The van der Waals surface area contributed by atoms with Crippen LogP contribution in [0.2, 0.25) is 0 Å². The van der Waals surface area contributed by atoms with Crippen molar-refractivity contribution in [1.82, 2.24) is 5.32 Å². The van der Waals surface area contributed by atoms with Gasteiger partial charge in [-0.1, -0.05) is 30.3 Å². The summed E-state index contributed by atoms with van der Waals surface area (Å²) in [7, 11) is 0. The van der Waals surface area contributed by atoms with Gasteiger partial charge in [0.2, 0.25) is 5.91 Å². The highest BCUT2D eigenvalue weighted by Gasteiger charge is 2.16. The lowest BCUT2D eigenvalue weighted by Gasteiger charge is -2.26. The van der Waals surface area contributed by atoms with Gasteiger partial charge in [0.25, 0.3) is 0 Å². The monoisotopic (exact) mass is 328 g/mol. The summed E-state index contributed by atoms with van der Waals surface area (Å²) >= 11 is 0. The minimum atomic E-state index is -0.406. The molecule has 0 aliphatic carbocycles. The van der Waals surface area contributed by atoms with Gasteiger partial charge in [-0.3, -0.25) is 4.79 Å². The highest BCUT2D eigenvalue weighted by Crippen LogP contribution is 2.15. The predicted octanol–water partition coefficient (Wildman–Crippen LogP) is 3.47. The molecule has 2 aromatic carbocycles. The normalized spacial score (nSPS) is 11.5. The Balaban J connectivity index is 1.80. The zero-order chi connectivity index (χ0) is 17.6. The first-order chi connectivity index (χ1) is 11.4. The molecule has 2 aromatic rings. The minimum Gasteiger partial charge on any atom is -0.366 e. The average Bonchev–Trinajstić information content (AvgIpc) is 2.55. The second kappa shape index (κ2) is 8.06. The molecular weight excluding hydrogens is 303 g/mol. The summed E-state index contributed by atoms with van der Waals surface area (Å²) in [5, 5.41) is 3.49. The first kappa shape index (κ1) is 18.1. The molecule has 0 bridgehead atoms. The third kappa shape index (κ3) is 5.46. The fraction of sp³-hybridized carbons (Fsp3) is 0.350. The Morgan fingerprint density at radius 1 is 1.08 bits per heavy atom. The number of nitrogens with two attached hydrogens (primary N) is 1. The van der Waals surface area contributed by atoms with Gasteiger partial charge in [0.15, 0.2) is 0 Å². The Bertz CT molecular complexity index is 680. The Hall–Kier alpha value is -2.20. The van der Waals surface area contributed by atoms with Crippen molar-refractivity contribution in [2.24, 2.45) is 5.73 Å². The third-order valence-electron chi connectivity index (χ3n) is 4.23. The van der Waals surface area contributed by atoms with Crippen LogP contribution in [-0.2, 0) is 12.8 Å². The molecule has 0 aromatic heterocycles. The summed E-state index contributed by atoms with van der Waals surface area (Å²) in [6.07, 6.45) is 2.52. The fourth-order valence-electron chi connectivity index (χ4n) is 2.62. The second-order valence-electron chi connectivity index (χ2n) is 6.71. The molecule has 3 N–H and O–H groups in total. The van der Waals surface area contributed by atoms with Crippen LogP contribution in [0.15, 0.2) is 48.5 Å². The van der Waals surface area contributed by atoms with Crippen molar-refractivity contribution in [3.8, 4) is 0 Å². The SMILES string of the molecule is CC(C)(CCc1ccc(C(N)=O)cc1)NCCc1ccccc1F. The standard InChI is InChI=1S/C20H25FN2O/c1-20(2,23-14-12-16-5-3-4-6-18(16)21)13-11-15-7-9-17(10-8-15)19(22)24/h3-10,23H,11-14H2,1-2H3,(H2,22,24). The third-order valence-corrected chi connectivity index (χ3v) is 4.23. The van der Waals surface area contributed by atoms with E-state index in [4.69, 9.17) is 5.73 Å². The molecule has 0 heterocycles. The molecular formula is C20H25FN2O. The number of rotatable bonds is 8. The van der Waals surface area contributed by atoms with Crippen LogP contribution in [0, 0.1) is 5.82 Å². The first-order valence-electron chi connectivity index (χ1n) is 8.24. The van der Waals surface area contributed by atoms with Crippen LogP contribution in [-0.4, -0.2) is 18.0 Å². The molecule has 0 atom stereocenters. The predicted molar refractivity (Wildman–Crippen MR) is 95.5 cm³/mol. The number of carbonyl (C=O) groups excluding carboxylic acids is 1. The molecule has 24 heavy (non-hydrogen) atoms. The molecule has 4 heteroatoms.